The Labute approximate surface area is 164 Å². The van der Waals surface area contributed by atoms with Crippen molar-refractivity contribution >= 4 is 57.9 Å². The van der Waals surface area contributed by atoms with E-state index in [4.69, 9.17) is 40.2 Å². The molecule has 0 bridgehead atoms. The number of para-hydroxylation sites is 2. The fourth-order valence-electron chi connectivity index (χ4n) is 1.96. The first kappa shape index (κ1) is 19.9. The first-order valence-electron chi connectivity index (χ1n) is 7.25. The van der Waals surface area contributed by atoms with Crippen molar-refractivity contribution in [1.82, 2.24) is 5.32 Å². The van der Waals surface area contributed by atoms with Gasteiger partial charge in [0.25, 0.3) is 16.8 Å². The minimum Gasteiger partial charge on any atom is -0.461 e. The molecule has 136 valence electrons. The van der Waals surface area contributed by atoms with Crippen LogP contribution in [-0.4, -0.2) is 22.6 Å². The molecule has 0 aliphatic rings. The Morgan fingerprint density at radius 3 is 2.65 bits per heavy atom. The second-order valence-corrected chi connectivity index (χ2v) is 6.12. The summed E-state index contributed by atoms with van der Waals surface area (Å²) in [5, 5.41) is 16.9. The summed E-state index contributed by atoms with van der Waals surface area (Å²) in [6, 6.07) is 11.0. The molecule has 0 saturated carbocycles. The Kier molecular flexibility index (Phi) is 7.14. The van der Waals surface area contributed by atoms with E-state index in [1.807, 2.05) is 0 Å². The number of halogens is 2. The van der Waals surface area contributed by atoms with Crippen LogP contribution in [0.4, 0.5) is 11.4 Å². The summed E-state index contributed by atoms with van der Waals surface area (Å²) in [5.41, 5.74) is 0.585. The second-order valence-electron chi connectivity index (χ2n) is 4.97. The molecule has 0 aliphatic heterocycles. The van der Waals surface area contributed by atoms with Crippen LogP contribution in [0, 0.1) is 10.1 Å². The van der Waals surface area contributed by atoms with E-state index in [-0.39, 0.29) is 23.1 Å². The van der Waals surface area contributed by atoms with Gasteiger partial charge in [0.05, 0.1) is 15.0 Å². The lowest BCUT2D eigenvalue weighted by Crippen LogP contribution is -2.28. The summed E-state index contributed by atoms with van der Waals surface area (Å²) in [5.74, 6) is -0.579. The van der Waals surface area contributed by atoms with Gasteiger partial charge in [-0.05, 0) is 29.9 Å². The minimum absolute atomic E-state index is 0.0150. The van der Waals surface area contributed by atoms with Gasteiger partial charge in [0, 0.05) is 12.6 Å². The van der Waals surface area contributed by atoms with Crippen LogP contribution < -0.4 is 10.6 Å². The van der Waals surface area contributed by atoms with E-state index in [0.29, 0.717) is 10.0 Å². The van der Waals surface area contributed by atoms with Gasteiger partial charge in [0.15, 0.2) is 6.61 Å². The maximum atomic E-state index is 11.9. The molecule has 0 radical (unpaired) electrons. The monoisotopic (exact) mass is 413 g/mol. The zero-order valence-electron chi connectivity index (χ0n) is 13.2. The van der Waals surface area contributed by atoms with E-state index < -0.39 is 17.4 Å². The van der Waals surface area contributed by atoms with E-state index >= 15 is 0 Å². The van der Waals surface area contributed by atoms with Crippen molar-refractivity contribution in [2.75, 3.05) is 11.9 Å². The summed E-state index contributed by atoms with van der Waals surface area (Å²) < 4.78 is 5.13. The van der Waals surface area contributed by atoms with Crippen LogP contribution in [0.2, 0.25) is 10.0 Å². The number of nitro benzene ring substituents is 1. The summed E-state index contributed by atoms with van der Waals surface area (Å²) in [6.45, 7) is -0.134. The van der Waals surface area contributed by atoms with Crippen LogP contribution in [0.5, 0.6) is 0 Å². The highest BCUT2D eigenvalue weighted by molar-refractivity contribution is 7.80. The minimum atomic E-state index is -0.586. The van der Waals surface area contributed by atoms with Gasteiger partial charge in [-0.25, -0.2) is 0 Å². The number of nitrogens with one attached hydrogen (secondary N) is 2. The largest absolute Gasteiger partial charge is 0.461 e. The number of carbonyl (C=O) groups excluding carboxylic acids is 1. The van der Waals surface area contributed by atoms with Crippen LogP contribution >= 0.6 is 35.4 Å². The maximum Gasteiger partial charge on any atom is 0.292 e. The molecule has 0 fully saturated rings. The highest BCUT2D eigenvalue weighted by Gasteiger charge is 2.15. The number of benzene rings is 2. The molecule has 26 heavy (non-hydrogen) atoms. The molecule has 1 amide bonds. The fraction of sp³-hybridized carbons (Fsp3) is 0.125. The van der Waals surface area contributed by atoms with Gasteiger partial charge in [-0.15, -0.1) is 0 Å². The summed E-state index contributed by atoms with van der Waals surface area (Å²) >= 11 is 17.0. The summed E-state index contributed by atoms with van der Waals surface area (Å²) in [4.78, 5) is 22.2. The van der Waals surface area contributed by atoms with Crippen LogP contribution in [0.1, 0.15) is 5.56 Å². The number of thiocarbonyl (C=S) groups is 1. The van der Waals surface area contributed by atoms with Crippen molar-refractivity contribution in [2.45, 2.75) is 6.54 Å². The molecule has 7 nitrogen and oxygen atoms in total. The van der Waals surface area contributed by atoms with Crippen molar-refractivity contribution in [3.63, 3.8) is 0 Å². The van der Waals surface area contributed by atoms with Gasteiger partial charge in [0.1, 0.15) is 5.69 Å². The molecular weight excluding hydrogens is 401 g/mol. The van der Waals surface area contributed by atoms with Gasteiger partial charge in [-0.1, -0.05) is 47.5 Å². The van der Waals surface area contributed by atoms with E-state index in [0.717, 1.165) is 5.56 Å². The second kappa shape index (κ2) is 9.33. The summed E-state index contributed by atoms with van der Waals surface area (Å²) in [6.07, 6.45) is 0. The zero-order valence-corrected chi connectivity index (χ0v) is 15.5. The Morgan fingerprint density at radius 1 is 1.19 bits per heavy atom. The molecule has 0 spiro atoms. The Bertz CT molecular complexity index is 848. The number of nitrogens with zero attached hydrogens (tertiary/aromatic N) is 1. The molecule has 2 rings (SSSR count). The standard InChI is InChI=1S/C16H13Cl2N3O4S/c17-11-5-3-4-10(15(11)18)8-19-16(26)25-9-14(22)20-12-6-1-2-7-13(12)21(23)24/h1-7H,8-9H2,(H,19,26)(H,20,22). The number of ether oxygens (including phenoxy) is 1. The lowest BCUT2D eigenvalue weighted by Gasteiger charge is -2.11. The topological polar surface area (TPSA) is 93.5 Å². The van der Waals surface area contributed by atoms with Crippen molar-refractivity contribution in [1.29, 1.82) is 0 Å². The number of nitro groups is 1. The van der Waals surface area contributed by atoms with Crippen molar-refractivity contribution in [3.05, 3.63) is 68.2 Å². The molecule has 0 atom stereocenters. The number of amides is 1. The lowest BCUT2D eigenvalue weighted by atomic mass is 10.2. The number of anilines is 1. The van der Waals surface area contributed by atoms with Crippen LogP contribution in [0.25, 0.3) is 0 Å². The van der Waals surface area contributed by atoms with Crippen LogP contribution in [0.3, 0.4) is 0 Å². The molecule has 2 aromatic rings. The van der Waals surface area contributed by atoms with E-state index in [2.05, 4.69) is 10.6 Å². The first-order chi connectivity index (χ1) is 12.4. The normalized spacial score (nSPS) is 10.1. The van der Waals surface area contributed by atoms with E-state index in [9.17, 15) is 14.9 Å². The summed E-state index contributed by atoms with van der Waals surface area (Å²) in [7, 11) is 0. The third-order valence-electron chi connectivity index (χ3n) is 3.16. The Balaban J connectivity index is 1.83. The smallest absolute Gasteiger partial charge is 0.292 e. The molecule has 0 saturated heterocycles. The van der Waals surface area contributed by atoms with E-state index in [1.165, 1.54) is 18.2 Å². The Hall–Kier alpha value is -2.42. The average molecular weight is 414 g/mol. The predicted molar refractivity (Wildman–Crippen MR) is 104 cm³/mol. The number of hydrogen-bond donors (Lipinski definition) is 2. The van der Waals surface area contributed by atoms with Gasteiger partial charge in [-0.3, -0.25) is 14.9 Å². The molecular formula is C16H13Cl2N3O4S. The van der Waals surface area contributed by atoms with Gasteiger partial charge >= 0.3 is 0 Å². The van der Waals surface area contributed by atoms with Gasteiger partial charge in [0.2, 0.25) is 0 Å². The molecule has 10 heteroatoms. The highest BCUT2D eigenvalue weighted by atomic mass is 35.5. The van der Waals surface area contributed by atoms with Crippen molar-refractivity contribution in [3.8, 4) is 0 Å². The van der Waals surface area contributed by atoms with Gasteiger partial charge < -0.3 is 15.4 Å². The number of carbonyl (C=O) groups is 1. The lowest BCUT2D eigenvalue weighted by molar-refractivity contribution is -0.383. The molecule has 2 N–H and O–H groups in total. The van der Waals surface area contributed by atoms with Gasteiger partial charge in [-0.2, -0.15) is 0 Å². The predicted octanol–water partition coefficient (Wildman–Crippen LogP) is 3.93. The first-order valence-corrected chi connectivity index (χ1v) is 8.41. The third kappa shape index (κ3) is 5.55. The molecule has 0 aromatic heterocycles. The SMILES string of the molecule is O=C(COC(=S)NCc1cccc(Cl)c1Cl)Nc1ccccc1[N+](=O)[O-]. The number of rotatable bonds is 6. The van der Waals surface area contributed by atoms with Crippen molar-refractivity contribution < 1.29 is 14.5 Å². The van der Waals surface area contributed by atoms with E-state index in [1.54, 1.807) is 24.3 Å². The van der Waals surface area contributed by atoms with Crippen LogP contribution in [0.15, 0.2) is 42.5 Å². The fourth-order valence-corrected chi connectivity index (χ4v) is 2.48. The maximum absolute atomic E-state index is 11.9. The zero-order chi connectivity index (χ0) is 19.1. The highest BCUT2D eigenvalue weighted by Crippen LogP contribution is 2.25. The molecule has 0 unspecified atom stereocenters. The number of hydrogen-bond acceptors (Lipinski definition) is 5. The third-order valence-corrected chi connectivity index (χ3v) is 4.28. The van der Waals surface area contributed by atoms with Crippen molar-refractivity contribution in [2.24, 2.45) is 0 Å². The molecule has 0 heterocycles. The molecule has 0 aliphatic carbocycles. The Morgan fingerprint density at radius 2 is 1.92 bits per heavy atom. The quantitative estimate of drug-likeness (QED) is 0.423. The molecule has 2 aromatic carbocycles. The average Bonchev–Trinajstić information content (AvgIpc) is 2.61. The van der Waals surface area contributed by atoms with Crippen LogP contribution in [-0.2, 0) is 16.1 Å².